The van der Waals surface area contributed by atoms with Gasteiger partial charge >= 0.3 is 0 Å². The normalized spacial score (nSPS) is 15.0. The summed E-state index contributed by atoms with van der Waals surface area (Å²) in [6, 6.07) is 6.19. The highest BCUT2D eigenvalue weighted by atomic mass is 32.2. The predicted octanol–water partition coefficient (Wildman–Crippen LogP) is 4.08. The minimum Gasteiger partial charge on any atom is -0.298 e. The zero-order chi connectivity index (χ0) is 20.1. The first-order valence-corrected chi connectivity index (χ1v) is 12.1. The van der Waals surface area contributed by atoms with E-state index >= 15 is 0 Å². The fourth-order valence-corrected chi connectivity index (χ4v) is 5.99. The van der Waals surface area contributed by atoms with Gasteiger partial charge in [0, 0.05) is 23.5 Å². The molecular weight excluding hydrogens is 394 g/mol. The highest BCUT2D eigenvalue weighted by Gasteiger charge is 2.23. The molecule has 152 valence electrons. The molecule has 0 spiro atoms. The third-order valence-electron chi connectivity index (χ3n) is 5.01. The lowest BCUT2D eigenvalue weighted by Gasteiger charge is -2.18. The minimum absolute atomic E-state index is 0.134. The molecule has 0 atom stereocenters. The number of nitrogens with zero attached hydrogens (tertiary/aromatic N) is 2. The Labute approximate surface area is 171 Å². The van der Waals surface area contributed by atoms with Gasteiger partial charge in [0.15, 0.2) is 5.13 Å². The summed E-state index contributed by atoms with van der Waals surface area (Å²) in [5.74, 6) is -0.335. The molecule has 1 amide bonds. The van der Waals surface area contributed by atoms with Gasteiger partial charge in [0.2, 0.25) is 10.0 Å². The van der Waals surface area contributed by atoms with E-state index in [1.807, 2.05) is 0 Å². The van der Waals surface area contributed by atoms with Gasteiger partial charge in [-0.05, 0) is 43.9 Å². The molecule has 8 heteroatoms. The summed E-state index contributed by atoms with van der Waals surface area (Å²) in [7, 11) is -3.60. The summed E-state index contributed by atoms with van der Waals surface area (Å²) in [5, 5.41) is 3.44. The zero-order valence-corrected chi connectivity index (χ0v) is 18.0. The second kappa shape index (κ2) is 9.15. The van der Waals surface area contributed by atoms with E-state index < -0.39 is 10.0 Å². The molecule has 6 nitrogen and oxygen atoms in total. The van der Waals surface area contributed by atoms with E-state index in [2.05, 4.69) is 10.3 Å². The molecule has 1 aromatic carbocycles. The van der Waals surface area contributed by atoms with E-state index in [1.54, 1.807) is 26.0 Å². The Morgan fingerprint density at radius 1 is 1.14 bits per heavy atom. The Morgan fingerprint density at radius 2 is 1.86 bits per heavy atom. The van der Waals surface area contributed by atoms with Crippen molar-refractivity contribution >= 4 is 32.4 Å². The molecule has 1 aliphatic carbocycles. The fourth-order valence-electron chi connectivity index (χ4n) is 3.44. The predicted molar refractivity (Wildman–Crippen MR) is 112 cm³/mol. The van der Waals surface area contributed by atoms with Gasteiger partial charge in [0.25, 0.3) is 5.91 Å². The van der Waals surface area contributed by atoms with Gasteiger partial charge < -0.3 is 0 Å². The van der Waals surface area contributed by atoms with Crippen LogP contribution < -0.4 is 5.32 Å². The van der Waals surface area contributed by atoms with Crippen molar-refractivity contribution in [2.75, 3.05) is 18.4 Å². The maximum absolute atomic E-state index is 12.7. The van der Waals surface area contributed by atoms with Crippen LogP contribution in [0.25, 0.3) is 0 Å². The van der Waals surface area contributed by atoms with Crippen LogP contribution in [0.5, 0.6) is 0 Å². The summed E-state index contributed by atoms with van der Waals surface area (Å²) < 4.78 is 26.8. The molecule has 0 bridgehead atoms. The van der Waals surface area contributed by atoms with E-state index in [9.17, 15) is 13.2 Å². The van der Waals surface area contributed by atoms with Crippen molar-refractivity contribution in [1.82, 2.24) is 9.29 Å². The molecule has 1 aromatic heterocycles. The Hall–Kier alpha value is -1.77. The largest absolute Gasteiger partial charge is 0.298 e. The molecule has 0 saturated heterocycles. The van der Waals surface area contributed by atoms with Crippen molar-refractivity contribution in [2.24, 2.45) is 0 Å². The van der Waals surface area contributed by atoms with E-state index in [0.29, 0.717) is 23.8 Å². The van der Waals surface area contributed by atoms with Gasteiger partial charge in [0.1, 0.15) is 0 Å². The first-order valence-electron chi connectivity index (χ1n) is 9.85. The van der Waals surface area contributed by atoms with Gasteiger partial charge in [-0.2, -0.15) is 4.31 Å². The number of hydrogen-bond donors (Lipinski definition) is 1. The number of carbonyl (C=O) groups excluding carboxylic acids is 1. The molecular formula is C20H27N3O3S2. The summed E-state index contributed by atoms with van der Waals surface area (Å²) in [5.41, 5.74) is 1.41. The Bertz CT molecular complexity index is 908. The van der Waals surface area contributed by atoms with Crippen molar-refractivity contribution in [3.63, 3.8) is 0 Å². The minimum atomic E-state index is -3.60. The van der Waals surface area contributed by atoms with Crippen LogP contribution in [0, 0.1) is 0 Å². The summed E-state index contributed by atoms with van der Waals surface area (Å²) >= 11 is 1.53. The monoisotopic (exact) mass is 421 g/mol. The smallest absolute Gasteiger partial charge is 0.257 e. The standard InChI is InChI=1S/C20H27N3O3S2/c1-3-23(4-2)28(25,26)16-11-9-10-15(14-16)19(24)22-20-21-17-12-7-5-6-8-13-18(17)27-20/h9-11,14H,3-8,12-13H2,1-2H3,(H,21,22,24). The number of sulfonamides is 1. The third kappa shape index (κ3) is 4.61. The number of rotatable bonds is 6. The summed E-state index contributed by atoms with van der Waals surface area (Å²) in [6.07, 6.45) is 6.74. The molecule has 1 heterocycles. The molecule has 3 rings (SSSR count). The van der Waals surface area contributed by atoms with E-state index in [1.165, 1.54) is 45.5 Å². The second-order valence-electron chi connectivity index (χ2n) is 6.87. The quantitative estimate of drug-likeness (QED) is 0.762. The van der Waals surface area contributed by atoms with E-state index in [0.717, 1.165) is 31.4 Å². The zero-order valence-electron chi connectivity index (χ0n) is 16.4. The second-order valence-corrected chi connectivity index (χ2v) is 9.90. The number of aryl methyl sites for hydroxylation is 2. The van der Waals surface area contributed by atoms with Crippen LogP contribution in [0.3, 0.4) is 0 Å². The molecule has 0 aliphatic heterocycles. The van der Waals surface area contributed by atoms with Gasteiger partial charge in [0.05, 0.1) is 10.6 Å². The number of thiazole rings is 1. The van der Waals surface area contributed by atoms with Crippen LogP contribution in [0.1, 0.15) is 60.5 Å². The summed E-state index contributed by atoms with van der Waals surface area (Å²) in [4.78, 5) is 18.7. The number of anilines is 1. The number of hydrogen-bond acceptors (Lipinski definition) is 5. The lowest BCUT2D eigenvalue weighted by Crippen LogP contribution is -2.30. The van der Waals surface area contributed by atoms with Crippen LogP contribution in [0.4, 0.5) is 5.13 Å². The molecule has 0 radical (unpaired) electrons. The van der Waals surface area contributed by atoms with Crippen molar-refractivity contribution in [3.8, 4) is 0 Å². The molecule has 1 N–H and O–H groups in total. The number of aromatic nitrogens is 1. The number of benzene rings is 1. The molecule has 2 aromatic rings. The molecule has 0 unspecified atom stereocenters. The van der Waals surface area contributed by atoms with Crippen molar-refractivity contribution in [1.29, 1.82) is 0 Å². The number of fused-ring (bicyclic) bond motifs is 1. The highest BCUT2D eigenvalue weighted by Crippen LogP contribution is 2.29. The topological polar surface area (TPSA) is 79.4 Å². The Kier molecular flexibility index (Phi) is 6.85. The van der Waals surface area contributed by atoms with Crippen molar-refractivity contribution < 1.29 is 13.2 Å². The molecule has 0 saturated carbocycles. The average molecular weight is 422 g/mol. The van der Waals surface area contributed by atoms with Crippen LogP contribution in [0.15, 0.2) is 29.2 Å². The average Bonchev–Trinajstić information content (AvgIpc) is 3.03. The molecule has 28 heavy (non-hydrogen) atoms. The van der Waals surface area contributed by atoms with Crippen LogP contribution in [-0.4, -0.2) is 36.7 Å². The number of amides is 1. The SMILES string of the molecule is CCN(CC)S(=O)(=O)c1cccc(C(=O)Nc2nc3c(s2)CCCCCC3)c1. The lowest BCUT2D eigenvalue weighted by molar-refractivity contribution is 0.102. The Balaban J connectivity index is 1.79. The van der Waals surface area contributed by atoms with Gasteiger partial charge in [-0.1, -0.05) is 32.8 Å². The summed E-state index contributed by atoms with van der Waals surface area (Å²) in [6.45, 7) is 4.37. The van der Waals surface area contributed by atoms with Crippen molar-refractivity contribution in [2.45, 2.75) is 57.3 Å². The maximum atomic E-state index is 12.7. The van der Waals surface area contributed by atoms with Gasteiger partial charge in [-0.25, -0.2) is 13.4 Å². The molecule has 1 aliphatic rings. The highest BCUT2D eigenvalue weighted by molar-refractivity contribution is 7.89. The van der Waals surface area contributed by atoms with Crippen LogP contribution in [-0.2, 0) is 22.9 Å². The number of nitrogens with one attached hydrogen (secondary N) is 1. The fraction of sp³-hybridized carbons (Fsp3) is 0.500. The van der Waals surface area contributed by atoms with E-state index in [-0.39, 0.29) is 10.8 Å². The Morgan fingerprint density at radius 3 is 2.57 bits per heavy atom. The van der Waals surface area contributed by atoms with Gasteiger partial charge in [-0.3, -0.25) is 10.1 Å². The van der Waals surface area contributed by atoms with Crippen molar-refractivity contribution in [3.05, 3.63) is 40.4 Å². The lowest BCUT2D eigenvalue weighted by atomic mass is 10.0. The first-order chi connectivity index (χ1) is 13.5. The van der Waals surface area contributed by atoms with Crippen LogP contribution in [0.2, 0.25) is 0 Å². The third-order valence-corrected chi connectivity index (χ3v) is 8.12. The molecule has 0 fully saturated rings. The number of carbonyl (C=O) groups is 1. The van der Waals surface area contributed by atoms with Gasteiger partial charge in [-0.15, -0.1) is 11.3 Å². The van der Waals surface area contributed by atoms with E-state index in [4.69, 9.17) is 0 Å². The van der Waals surface area contributed by atoms with Crippen LogP contribution >= 0.6 is 11.3 Å². The first kappa shape index (κ1) is 21.0. The maximum Gasteiger partial charge on any atom is 0.257 e.